The number of amides is 1. The zero-order chi connectivity index (χ0) is 21.1. The molecule has 0 unspecified atom stereocenters. The molecule has 0 radical (unpaired) electrons. The van der Waals surface area contributed by atoms with Gasteiger partial charge in [0.05, 0.1) is 17.0 Å². The van der Waals surface area contributed by atoms with E-state index in [0.29, 0.717) is 31.9 Å². The Labute approximate surface area is 176 Å². The van der Waals surface area contributed by atoms with Gasteiger partial charge in [-0.15, -0.1) is 11.3 Å². The Morgan fingerprint density at radius 1 is 1.07 bits per heavy atom. The molecule has 1 amide bonds. The maximum absolute atomic E-state index is 13.1. The first kappa shape index (κ1) is 20.0. The van der Waals surface area contributed by atoms with Crippen molar-refractivity contribution < 1.29 is 14.1 Å². The number of nitrogens with zero attached hydrogens (tertiary/aromatic N) is 4. The topological polar surface area (TPSA) is 79.6 Å². The fraction of sp³-hybridized carbons (Fsp3) is 0.238. The fourth-order valence-electron chi connectivity index (χ4n) is 3.38. The number of aromatic nitrogens is 1. The van der Waals surface area contributed by atoms with Crippen molar-refractivity contribution in [1.82, 2.24) is 9.88 Å². The number of nitro groups is 1. The lowest BCUT2D eigenvalue weighted by atomic mass is 10.2. The Kier molecular flexibility index (Phi) is 5.71. The first-order chi connectivity index (χ1) is 14.5. The number of carbonyl (C=O) groups is 1. The standard InChI is InChI=1S/C21H19FN4O3S/c22-16-3-1-15(2-4-16)21-23-17(14-30-21)13-20(27)25-11-9-24(10-12-25)18-5-7-19(8-6-18)26(28)29/h1-8,14H,9-13H2. The van der Waals surface area contributed by atoms with E-state index in [4.69, 9.17) is 0 Å². The van der Waals surface area contributed by atoms with Crippen molar-refractivity contribution in [3.05, 3.63) is 75.5 Å². The number of thiazole rings is 1. The minimum absolute atomic E-state index is 0.0225. The number of nitro benzene ring substituents is 1. The lowest BCUT2D eigenvalue weighted by Crippen LogP contribution is -2.49. The van der Waals surface area contributed by atoms with Gasteiger partial charge in [-0.1, -0.05) is 0 Å². The van der Waals surface area contributed by atoms with Crippen LogP contribution in [0.2, 0.25) is 0 Å². The second-order valence-corrected chi connectivity index (χ2v) is 7.83. The van der Waals surface area contributed by atoms with Crippen LogP contribution in [0.15, 0.2) is 53.9 Å². The first-order valence-electron chi connectivity index (χ1n) is 9.47. The Bertz CT molecular complexity index is 1040. The van der Waals surface area contributed by atoms with Gasteiger partial charge in [-0.2, -0.15) is 0 Å². The number of piperazine rings is 1. The zero-order valence-electron chi connectivity index (χ0n) is 16.0. The lowest BCUT2D eigenvalue weighted by molar-refractivity contribution is -0.384. The molecule has 9 heteroatoms. The van der Waals surface area contributed by atoms with Crippen molar-refractivity contribution in [1.29, 1.82) is 0 Å². The predicted octanol–water partition coefficient (Wildman–Crippen LogP) is 3.75. The Hall–Kier alpha value is -3.33. The van der Waals surface area contributed by atoms with Crippen LogP contribution in [0.25, 0.3) is 10.6 Å². The second-order valence-electron chi connectivity index (χ2n) is 6.97. The van der Waals surface area contributed by atoms with E-state index in [-0.39, 0.29) is 23.8 Å². The van der Waals surface area contributed by atoms with Gasteiger partial charge in [0.15, 0.2) is 0 Å². The third kappa shape index (κ3) is 4.46. The molecule has 1 aliphatic rings. The van der Waals surface area contributed by atoms with Crippen molar-refractivity contribution in [2.45, 2.75) is 6.42 Å². The molecule has 1 aromatic heterocycles. The number of halogens is 1. The van der Waals surface area contributed by atoms with Gasteiger partial charge in [0.1, 0.15) is 10.8 Å². The van der Waals surface area contributed by atoms with Crippen molar-refractivity contribution >= 4 is 28.6 Å². The highest BCUT2D eigenvalue weighted by Crippen LogP contribution is 2.25. The summed E-state index contributed by atoms with van der Waals surface area (Å²) in [7, 11) is 0. The van der Waals surface area contributed by atoms with Crippen LogP contribution < -0.4 is 4.90 Å². The molecule has 1 saturated heterocycles. The molecule has 7 nitrogen and oxygen atoms in total. The molecule has 0 saturated carbocycles. The number of benzene rings is 2. The van der Waals surface area contributed by atoms with Crippen LogP contribution >= 0.6 is 11.3 Å². The third-order valence-corrected chi connectivity index (χ3v) is 5.97. The van der Waals surface area contributed by atoms with E-state index < -0.39 is 4.92 Å². The molecule has 4 rings (SSSR count). The second kappa shape index (κ2) is 8.58. The van der Waals surface area contributed by atoms with E-state index in [1.54, 1.807) is 24.3 Å². The highest BCUT2D eigenvalue weighted by atomic mass is 32.1. The molecular formula is C21H19FN4O3S. The van der Waals surface area contributed by atoms with Crippen LogP contribution in [0.4, 0.5) is 15.8 Å². The smallest absolute Gasteiger partial charge is 0.269 e. The lowest BCUT2D eigenvalue weighted by Gasteiger charge is -2.36. The predicted molar refractivity (Wildman–Crippen MR) is 113 cm³/mol. The van der Waals surface area contributed by atoms with Crippen molar-refractivity contribution in [3.63, 3.8) is 0 Å². The monoisotopic (exact) mass is 426 g/mol. The molecule has 1 aliphatic heterocycles. The summed E-state index contributed by atoms with van der Waals surface area (Å²) in [5, 5.41) is 13.4. The largest absolute Gasteiger partial charge is 0.368 e. The zero-order valence-corrected chi connectivity index (χ0v) is 16.8. The summed E-state index contributed by atoms with van der Waals surface area (Å²) >= 11 is 1.44. The van der Waals surface area contributed by atoms with E-state index >= 15 is 0 Å². The van der Waals surface area contributed by atoms with Crippen LogP contribution in [0.1, 0.15) is 5.69 Å². The molecule has 30 heavy (non-hydrogen) atoms. The Balaban J connectivity index is 1.32. The highest BCUT2D eigenvalue weighted by Gasteiger charge is 2.22. The van der Waals surface area contributed by atoms with E-state index in [0.717, 1.165) is 16.3 Å². The number of carbonyl (C=O) groups excluding carboxylic acids is 1. The summed E-state index contributed by atoms with van der Waals surface area (Å²) in [5.41, 5.74) is 2.52. The molecular weight excluding hydrogens is 407 g/mol. The number of hydrogen-bond acceptors (Lipinski definition) is 6. The summed E-state index contributed by atoms with van der Waals surface area (Å²) in [6.07, 6.45) is 0.231. The van der Waals surface area contributed by atoms with Gasteiger partial charge in [0.25, 0.3) is 5.69 Å². The van der Waals surface area contributed by atoms with Crippen LogP contribution in [0.3, 0.4) is 0 Å². The third-order valence-electron chi connectivity index (χ3n) is 5.03. The van der Waals surface area contributed by atoms with Crippen molar-refractivity contribution in [2.24, 2.45) is 0 Å². The van der Waals surface area contributed by atoms with Crippen LogP contribution in [0.5, 0.6) is 0 Å². The quantitative estimate of drug-likeness (QED) is 0.459. The highest BCUT2D eigenvalue weighted by molar-refractivity contribution is 7.13. The SMILES string of the molecule is O=C(Cc1csc(-c2ccc(F)cc2)n1)N1CCN(c2ccc([N+](=O)[O-])cc2)CC1. The van der Waals surface area contributed by atoms with Crippen molar-refractivity contribution in [2.75, 3.05) is 31.1 Å². The molecule has 154 valence electrons. The maximum atomic E-state index is 13.1. The Morgan fingerprint density at radius 2 is 1.73 bits per heavy atom. The van der Waals surface area contributed by atoms with Gasteiger partial charge in [0, 0.05) is 54.9 Å². The normalized spacial score (nSPS) is 14.0. The average molecular weight is 426 g/mol. The number of non-ortho nitro benzene ring substituents is 1. The number of hydrogen-bond donors (Lipinski definition) is 0. The molecule has 2 heterocycles. The first-order valence-corrected chi connectivity index (χ1v) is 10.3. The van der Waals surface area contributed by atoms with E-state index in [9.17, 15) is 19.3 Å². The summed E-state index contributed by atoms with van der Waals surface area (Å²) in [6.45, 7) is 2.51. The van der Waals surface area contributed by atoms with Gasteiger partial charge < -0.3 is 9.80 Å². The Morgan fingerprint density at radius 3 is 2.37 bits per heavy atom. The van der Waals surface area contributed by atoms with E-state index in [1.165, 1.54) is 35.6 Å². The summed E-state index contributed by atoms with van der Waals surface area (Å²) < 4.78 is 13.1. The molecule has 0 N–H and O–H groups in total. The van der Waals surface area contributed by atoms with Gasteiger partial charge in [-0.25, -0.2) is 9.37 Å². The molecule has 2 aromatic carbocycles. The van der Waals surface area contributed by atoms with Gasteiger partial charge in [0.2, 0.25) is 5.91 Å². The molecule has 0 atom stereocenters. The fourth-order valence-corrected chi connectivity index (χ4v) is 4.21. The van der Waals surface area contributed by atoms with Crippen LogP contribution in [0, 0.1) is 15.9 Å². The summed E-state index contributed by atoms with van der Waals surface area (Å²) in [6, 6.07) is 12.6. The average Bonchev–Trinajstić information content (AvgIpc) is 3.23. The van der Waals surface area contributed by atoms with E-state index in [1.807, 2.05) is 10.3 Å². The van der Waals surface area contributed by atoms with Gasteiger partial charge in [-0.05, 0) is 36.4 Å². The summed E-state index contributed by atoms with van der Waals surface area (Å²) in [5.74, 6) is -0.270. The van der Waals surface area contributed by atoms with Crippen LogP contribution in [-0.4, -0.2) is 46.9 Å². The van der Waals surface area contributed by atoms with Gasteiger partial charge >= 0.3 is 0 Å². The maximum Gasteiger partial charge on any atom is 0.269 e. The minimum Gasteiger partial charge on any atom is -0.368 e. The molecule has 1 fully saturated rings. The number of anilines is 1. The van der Waals surface area contributed by atoms with Crippen molar-refractivity contribution in [3.8, 4) is 10.6 Å². The van der Waals surface area contributed by atoms with E-state index in [2.05, 4.69) is 9.88 Å². The molecule has 0 spiro atoms. The molecule has 3 aromatic rings. The minimum atomic E-state index is -0.416. The number of rotatable bonds is 5. The van der Waals surface area contributed by atoms with Gasteiger partial charge in [-0.3, -0.25) is 14.9 Å². The molecule has 0 aliphatic carbocycles. The molecule has 0 bridgehead atoms. The van der Waals surface area contributed by atoms with Crippen LogP contribution in [-0.2, 0) is 11.2 Å². The summed E-state index contributed by atoms with van der Waals surface area (Å²) in [4.78, 5) is 31.5.